The maximum atomic E-state index is 13.7. The Hall–Kier alpha value is -0.600. The van der Waals surface area contributed by atoms with Crippen LogP contribution in [0.4, 0.5) is 4.39 Å². The molecule has 0 aromatic heterocycles. The van der Waals surface area contributed by atoms with Gasteiger partial charge >= 0.3 is 0 Å². The molecule has 18 heavy (non-hydrogen) atoms. The Morgan fingerprint density at radius 2 is 2.06 bits per heavy atom. The summed E-state index contributed by atoms with van der Waals surface area (Å²) >= 11 is 5.75. The Labute approximate surface area is 115 Å². The Kier molecular flexibility index (Phi) is 7.29. The van der Waals surface area contributed by atoms with Crippen molar-refractivity contribution in [3.05, 3.63) is 34.6 Å². The molecular formula is C15H23ClFN. The zero-order chi connectivity index (χ0) is 13.4. The number of nitrogens with one attached hydrogen (secondary N) is 1. The van der Waals surface area contributed by atoms with Crippen LogP contribution in [0.1, 0.15) is 44.6 Å². The fourth-order valence-electron chi connectivity index (χ4n) is 2.12. The van der Waals surface area contributed by atoms with E-state index in [2.05, 4.69) is 12.2 Å². The lowest BCUT2D eigenvalue weighted by Crippen LogP contribution is -2.27. The first-order chi connectivity index (χ1) is 8.67. The molecule has 1 atom stereocenters. The molecule has 1 aromatic carbocycles. The van der Waals surface area contributed by atoms with Gasteiger partial charge in [-0.2, -0.15) is 0 Å². The number of hydrogen-bond donors (Lipinski definition) is 1. The molecule has 1 nitrogen and oxygen atoms in total. The number of halogens is 2. The van der Waals surface area contributed by atoms with Gasteiger partial charge in [-0.15, -0.1) is 0 Å². The zero-order valence-electron chi connectivity index (χ0n) is 11.3. The van der Waals surface area contributed by atoms with E-state index in [-0.39, 0.29) is 5.82 Å². The van der Waals surface area contributed by atoms with Crippen molar-refractivity contribution < 1.29 is 4.39 Å². The summed E-state index contributed by atoms with van der Waals surface area (Å²) in [6.45, 7) is 2.21. The maximum Gasteiger partial charge on any atom is 0.127 e. The summed E-state index contributed by atoms with van der Waals surface area (Å²) in [4.78, 5) is 0. The number of benzene rings is 1. The van der Waals surface area contributed by atoms with Gasteiger partial charge < -0.3 is 5.32 Å². The van der Waals surface area contributed by atoms with E-state index in [1.807, 2.05) is 7.05 Å². The highest BCUT2D eigenvalue weighted by atomic mass is 35.5. The quantitative estimate of drug-likeness (QED) is 0.683. The Balaban J connectivity index is 2.46. The van der Waals surface area contributed by atoms with E-state index in [1.165, 1.54) is 31.7 Å². The molecule has 0 spiro atoms. The highest BCUT2D eigenvalue weighted by molar-refractivity contribution is 6.30. The fourth-order valence-corrected chi connectivity index (χ4v) is 2.28. The third-order valence-corrected chi connectivity index (χ3v) is 3.53. The first-order valence-corrected chi connectivity index (χ1v) is 7.16. The molecular weight excluding hydrogens is 249 g/mol. The third kappa shape index (κ3) is 5.36. The molecule has 0 saturated carbocycles. The number of rotatable bonds is 8. The molecule has 0 aliphatic carbocycles. The second-order valence-electron chi connectivity index (χ2n) is 4.77. The minimum absolute atomic E-state index is 0.198. The van der Waals surface area contributed by atoms with E-state index in [9.17, 15) is 4.39 Å². The minimum Gasteiger partial charge on any atom is -0.317 e. The van der Waals surface area contributed by atoms with Crippen LogP contribution < -0.4 is 5.32 Å². The van der Waals surface area contributed by atoms with Crippen molar-refractivity contribution in [2.45, 2.75) is 51.5 Å². The Morgan fingerprint density at radius 3 is 2.67 bits per heavy atom. The van der Waals surface area contributed by atoms with Gasteiger partial charge in [-0.1, -0.05) is 50.3 Å². The Bertz CT molecular complexity index is 354. The second-order valence-corrected chi connectivity index (χ2v) is 5.21. The van der Waals surface area contributed by atoms with Crippen molar-refractivity contribution in [2.75, 3.05) is 7.05 Å². The molecule has 1 aromatic rings. The van der Waals surface area contributed by atoms with Gasteiger partial charge in [0, 0.05) is 11.1 Å². The van der Waals surface area contributed by atoms with Crippen LogP contribution in [-0.2, 0) is 6.42 Å². The molecule has 0 aliphatic rings. The van der Waals surface area contributed by atoms with Crippen molar-refractivity contribution >= 4 is 11.6 Å². The first kappa shape index (κ1) is 15.5. The molecule has 0 heterocycles. The van der Waals surface area contributed by atoms with Gasteiger partial charge in [0.15, 0.2) is 0 Å². The highest BCUT2D eigenvalue weighted by Gasteiger charge is 2.10. The third-order valence-electron chi connectivity index (χ3n) is 3.30. The standard InChI is InChI=1S/C15H23ClFN/c1-3-4-5-6-7-14(18-2)10-12-8-9-13(16)11-15(12)17/h8-9,11,14,18H,3-7,10H2,1-2H3. The van der Waals surface area contributed by atoms with Crippen molar-refractivity contribution in [1.29, 1.82) is 0 Å². The van der Waals surface area contributed by atoms with Gasteiger partial charge in [-0.05, 0) is 37.6 Å². The van der Waals surface area contributed by atoms with Crippen LogP contribution in [-0.4, -0.2) is 13.1 Å². The highest BCUT2D eigenvalue weighted by Crippen LogP contribution is 2.17. The normalized spacial score (nSPS) is 12.7. The first-order valence-electron chi connectivity index (χ1n) is 6.78. The van der Waals surface area contributed by atoms with E-state index in [1.54, 1.807) is 12.1 Å². The molecule has 102 valence electrons. The van der Waals surface area contributed by atoms with E-state index in [0.717, 1.165) is 18.4 Å². The number of unbranched alkanes of at least 4 members (excludes halogenated alkanes) is 3. The predicted octanol–water partition coefficient (Wildman–Crippen LogP) is 4.58. The summed E-state index contributed by atoms with van der Waals surface area (Å²) in [7, 11) is 1.94. The average Bonchev–Trinajstić information content (AvgIpc) is 2.35. The molecule has 0 radical (unpaired) electrons. The van der Waals surface area contributed by atoms with E-state index in [0.29, 0.717) is 11.1 Å². The Morgan fingerprint density at radius 1 is 1.28 bits per heavy atom. The monoisotopic (exact) mass is 271 g/mol. The van der Waals surface area contributed by atoms with Crippen molar-refractivity contribution in [2.24, 2.45) is 0 Å². The largest absolute Gasteiger partial charge is 0.317 e. The molecule has 1 rings (SSSR count). The van der Waals surface area contributed by atoms with Gasteiger partial charge in [0.1, 0.15) is 5.82 Å². The van der Waals surface area contributed by atoms with Gasteiger partial charge in [0.05, 0.1) is 0 Å². The molecule has 0 saturated heterocycles. The van der Waals surface area contributed by atoms with Crippen LogP contribution in [0.25, 0.3) is 0 Å². The predicted molar refractivity (Wildman–Crippen MR) is 76.7 cm³/mol. The van der Waals surface area contributed by atoms with Crippen LogP contribution in [0.5, 0.6) is 0 Å². The van der Waals surface area contributed by atoms with Gasteiger partial charge in [-0.25, -0.2) is 4.39 Å². The number of likely N-dealkylation sites (N-methyl/N-ethyl adjacent to an activating group) is 1. The van der Waals surface area contributed by atoms with Crippen LogP contribution in [0.2, 0.25) is 5.02 Å². The van der Waals surface area contributed by atoms with Gasteiger partial charge in [-0.3, -0.25) is 0 Å². The lowest BCUT2D eigenvalue weighted by atomic mass is 10.00. The minimum atomic E-state index is -0.198. The molecule has 0 aliphatic heterocycles. The maximum absolute atomic E-state index is 13.7. The topological polar surface area (TPSA) is 12.0 Å². The fraction of sp³-hybridized carbons (Fsp3) is 0.600. The van der Waals surface area contributed by atoms with Crippen LogP contribution in [0, 0.1) is 5.82 Å². The molecule has 0 bridgehead atoms. The average molecular weight is 272 g/mol. The van der Waals surface area contributed by atoms with E-state index < -0.39 is 0 Å². The summed E-state index contributed by atoms with van der Waals surface area (Å²) in [5.74, 6) is -0.198. The zero-order valence-corrected chi connectivity index (χ0v) is 12.1. The van der Waals surface area contributed by atoms with E-state index >= 15 is 0 Å². The lowest BCUT2D eigenvalue weighted by Gasteiger charge is -2.16. The summed E-state index contributed by atoms with van der Waals surface area (Å²) in [6.07, 6.45) is 6.82. The summed E-state index contributed by atoms with van der Waals surface area (Å²) in [5, 5.41) is 3.73. The molecule has 0 amide bonds. The van der Waals surface area contributed by atoms with Gasteiger partial charge in [0.2, 0.25) is 0 Å². The summed E-state index contributed by atoms with van der Waals surface area (Å²) in [6, 6.07) is 5.27. The van der Waals surface area contributed by atoms with Crippen LogP contribution >= 0.6 is 11.6 Å². The smallest absolute Gasteiger partial charge is 0.127 e. The lowest BCUT2D eigenvalue weighted by molar-refractivity contribution is 0.475. The van der Waals surface area contributed by atoms with Crippen molar-refractivity contribution in [3.63, 3.8) is 0 Å². The summed E-state index contributed by atoms with van der Waals surface area (Å²) in [5.41, 5.74) is 0.745. The molecule has 0 fully saturated rings. The van der Waals surface area contributed by atoms with Gasteiger partial charge in [0.25, 0.3) is 0 Å². The van der Waals surface area contributed by atoms with Crippen LogP contribution in [0.15, 0.2) is 18.2 Å². The molecule has 3 heteroatoms. The van der Waals surface area contributed by atoms with E-state index in [4.69, 9.17) is 11.6 Å². The SMILES string of the molecule is CCCCCCC(Cc1ccc(Cl)cc1F)NC. The number of hydrogen-bond acceptors (Lipinski definition) is 1. The second kappa shape index (κ2) is 8.49. The molecule has 1 N–H and O–H groups in total. The molecule has 1 unspecified atom stereocenters. The van der Waals surface area contributed by atoms with Crippen LogP contribution in [0.3, 0.4) is 0 Å². The van der Waals surface area contributed by atoms with Crippen molar-refractivity contribution in [3.8, 4) is 0 Å². The van der Waals surface area contributed by atoms with Crippen molar-refractivity contribution in [1.82, 2.24) is 5.32 Å². The summed E-state index contributed by atoms with van der Waals surface area (Å²) < 4.78 is 13.7.